The van der Waals surface area contributed by atoms with Crippen molar-refractivity contribution in [1.82, 2.24) is 5.32 Å². The molecule has 0 bridgehead atoms. The molecule has 4 heteroatoms. The first-order valence-corrected chi connectivity index (χ1v) is 4.81. The maximum atomic E-state index is 10.9. The van der Waals surface area contributed by atoms with Gasteiger partial charge in [0, 0.05) is 17.1 Å². The zero-order valence-electron chi connectivity index (χ0n) is 7.46. The standard InChI is InChI=1S/C10H10ClNO2/c11-7-3-1-2-6-4-5-12-9(8(6)7)10(13)14/h1-3,9,12H,4-5H2,(H,13,14). The highest BCUT2D eigenvalue weighted by Gasteiger charge is 2.27. The summed E-state index contributed by atoms with van der Waals surface area (Å²) in [6, 6.07) is 4.85. The molecule has 2 rings (SSSR count). The minimum absolute atomic E-state index is 0.530. The van der Waals surface area contributed by atoms with Crippen molar-refractivity contribution in [1.29, 1.82) is 0 Å². The fourth-order valence-electron chi connectivity index (χ4n) is 1.79. The number of nitrogens with one attached hydrogen (secondary N) is 1. The van der Waals surface area contributed by atoms with Gasteiger partial charge in [0.2, 0.25) is 0 Å². The first kappa shape index (κ1) is 9.49. The van der Waals surface area contributed by atoms with E-state index in [-0.39, 0.29) is 0 Å². The molecule has 3 nitrogen and oxygen atoms in total. The van der Waals surface area contributed by atoms with Crippen LogP contribution < -0.4 is 5.32 Å². The van der Waals surface area contributed by atoms with Crippen LogP contribution in [0, 0.1) is 0 Å². The minimum Gasteiger partial charge on any atom is -0.480 e. The summed E-state index contributed by atoms with van der Waals surface area (Å²) in [6.45, 7) is 0.685. The number of rotatable bonds is 1. The van der Waals surface area contributed by atoms with Crippen LogP contribution in [0.5, 0.6) is 0 Å². The molecule has 0 aliphatic carbocycles. The first-order valence-electron chi connectivity index (χ1n) is 4.43. The molecule has 2 N–H and O–H groups in total. The van der Waals surface area contributed by atoms with Gasteiger partial charge in [0.1, 0.15) is 6.04 Å². The van der Waals surface area contributed by atoms with Crippen LogP contribution in [0.3, 0.4) is 0 Å². The van der Waals surface area contributed by atoms with Crippen LogP contribution in [-0.2, 0) is 11.2 Å². The van der Waals surface area contributed by atoms with Crippen LogP contribution in [0.15, 0.2) is 18.2 Å². The number of benzene rings is 1. The normalized spacial score (nSPS) is 20.2. The fraction of sp³-hybridized carbons (Fsp3) is 0.300. The largest absolute Gasteiger partial charge is 0.480 e. The molecule has 0 saturated heterocycles. The molecule has 0 fully saturated rings. The van der Waals surface area contributed by atoms with Crippen molar-refractivity contribution >= 4 is 17.6 Å². The third-order valence-electron chi connectivity index (χ3n) is 2.42. The first-order chi connectivity index (χ1) is 6.70. The molecule has 0 spiro atoms. The van der Waals surface area contributed by atoms with Gasteiger partial charge in [-0.1, -0.05) is 23.7 Å². The highest BCUT2D eigenvalue weighted by atomic mass is 35.5. The molecule has 14 heavy (non-hydrogen) atoms. The Bertz CT molecular complexity index is 378. The van der Waals surface area contributed by atoms with Crippen LogP contribution in [0.2, 0.25) is 5.02 Å². The molecule has 1 aliphatic rings. The third kappa shape index (κ3) is 1.49. The molecule has 1 unspecified atom stereocenters. The molecule has 1 aromatic rings. The monoisotopic (exact) mass is 211 g/mol. The Kier molecular flexibility index (Phi) is 2.44. The van der Waals surface area contributed by atoms with Gasteiger partial charge >= 0.3 is 5.97 Å². The van der Waals surface area contributed by atoms with Crippen molar-refractivity contribution in [3.05, 3.63) is 34.3 Å². The topological polar surface area (TPSA) is 49.3 Å². The Morgan fingerprint density at radius 2 is 2.36 bits per heavy atom. The number of aliphatic carboxylic acids is 1. The second-order valence-electron chi connectivity index (χ2n) is 3.29. The van der Waals surface area contributed by atoms with E-state index < -0.39 is 12.0 Å². The van der Waals surface area contributed by atoms with Gasteiger partial charge in [-0.25, -0.2) is 0 Å². The second-order valence-corrected chi connectivity index (χ2v) is 3.70. The number of halogens is 1. The number of carboxylic acids is 1. The molecule has 0 aromatic heterocycles. The highest BCUT2D eigenvalue weighted by molar-refractivity contribution is 6.31. The lowest BCUT2D eigenvalue weighted by molar-refractivity contribution is -0.139. The van der Waals surface area contributed by atoms with E-state index in [4.69, 9.17) is 16.7 Å². The second kappa shape index (κ2) is 3.59. The van der Waals surface area contributed by atoms with Crippen LogP contribution in [-0.4, -0.2) is 17.6 Å². The number of carbonyl (C=O) groups is 1. The van der Waals surface area contributed by atoms with E-state index in [1.54, 1.807) is 6.07 Å². The highest BCUT2D eigenvalue weighted by Crippen LogP contribution is 2.29. The van der Waals surface area contributed by atoms with Gasteiger partial charge in [-0.3, -0.25) is 4.79 Å². The van der Waals surface area contributed by atoms with Crippen molar-refractivity contribution < 1.29 is 9.90 Å². The van der Waals surface area contributed by atoms with E-state index in [1.807, 2.05) is 12.1 Å². The van der Waals surface area contributed by atoms with Crippen molar-refractivity contribution in [2.24, 2.45) is 0 Å². The molecule has 1 heterocycles. The number of fused-ring (bicyclic) bond motifs is 1. The van der Waals surface area contributed by atoms with Crippen LogP contribution in [0.4, 0.5) is 0 Å². The van der Waals surface area contributed by atoms with Gasteiger partial charge in [0.15, 0.2) is 0 Å². The SMILES string of the molecule is O=C(O)C1NCCc2cccc(Cl)c21. The van der Waals surface area contributed by atoms with E-state index in [2.05, 4.69) is 5.32 Å². The Labute approximate surface area is 86.7 Å². The number of hydrogen-bond acceptors (Lipinski definition) is 2. The number of hydrogen-bond donors (Lipinski definition) is 2. The molecular formula is C10H10ClNO2. The Morgan fingerprint density at radius 3 is 3.07 bits per heavy atom. The van der Waals surface area contributed by atoms with E-state index in [1.165, 1.54) is 0 Å². The molecule has 74 valence electrons. The number of carboxylic acid groups (broad SMARTS) is 1. The summed E-state index contributed by atoms with van der Waals surface area (Å²) in [5, 5.41) is 12.4. The maximum absolute atomic E-state index is 10.9. The zero-order valence-corrected chi connectivity index (χ0v) is 8.21. The molecule has 0 saturated carbocycles. The maximum Gasteiger partial charge on any atom is 0.325 e. The summed E-state index contributed by atoms with van der Waals surface area (Å²) in [5.74, 6) is -0.876. The van der Waals surface area contributed by atoms with Gasteiger partial charge < -0.3 is 10.4 Å². The summed E-state index contributed by atoms with van der Waals surface area (Å²) in [6.07, 6.45) is 0.833. The summed E-state index contributed by atoms with van der Waals surface area (Å²) < 4.78 is 0. The van der Waals surface area contributed by atoms with Crippen molar-refractivity contribution in [3.63, 3.8) is 0 Å². The quantitative estimate of drug-likeness (QED) is 0.742. The van der Waals surface area contributed by atoms with Gasteiger partial charge in [-0.15, -0.1) is 0 Å². The molecule has 0 amide bonds. The average molecular weight is 212 g/mol. The Morgan fingerprint density at radius 1 is 1.57 bits per heavy atom. The molecule has 1 aromatic carbocycles. The van der Waals surface area contributed by atoms with E-state index in [0.717, 1.165) is 12.0 Å². The Balaban J connectivity index is 2.52. The predicted octanol–water partition coefficient (Wildman–Crippen LogP) is 1.61. The Hall–Kier alpha value is -1.06. The summed E-state index contributed by atoms with van der Waals surface area (Å²) in [4.78, 5) is 10.9. The summed E-state index contributed by atoms with van der Waals surface area (Å²) in [5.41, 5.74) is 1.75. The van der Waals surface area contributed by atoms with Crippen LogP contribution >= 0.6 is 11.6 Å². The summed E-state index contributed by atoms with van der Waals surface area (Å²) in [7, 11) is 0. The third-order valence-corrected chi connectivity index (χ3v) is 2.75. The van der Waals surface area contributed by atoms with Gasteiger partial charge in [-0.2, -0.15) is 0 Å². The van der Waals surface area contributed by atoms with Crippen molar-refractivity contribution in [2.75, 3.05) is 6.54 Å². The van der Waals surface area contributed by atoms with Crippen LogP contribution in [0.25, 0.3) is 0 Å². The van der Waals surface area contributed by atoms with Gasteiger partial charge in [-0.05, 0) is 18.1 Å². The molecule has 1 atom stereocenters. The lowest BCUT2D eigenvalue weighted by Crippen LogP contribution is -2.35. The lowest BCUT2D eigenvalue weighted by Gasteiger charge is -2.24. The van der Waals surface area contributed by atoms with Crippen LogP contribution in [0.1, 0.15) is 17.2 Å². The van der Waals surface area contributed by atoms with Crippen molar-refractivity contribution in [2.45, 2.75) is 12.5 Å². The molecular weight excluding hydrogens is 202 g/mol. The smallest absolute Gasteiger partial charge is 0.325 e. The molecule has 1 aliphatic heterocycles. The zero-order chi connectivity index (χ0) is 10.1. The molecule has 0 radical (unpaired) electrons. The van der Waals surface area contributed by atoms with E-state index in [0.29, 0.717) is 17.1 Å². The van der Waals surface area contributed by atoms with Gasteiger partial charge in [0.05, 0.1) is 0 Å². The minimum atomic E-state index is -0.876. The van der Waals surface area contributed by atoms with Gasteiger partial charge in [0.25, 0.3) is 0 Å². The average Bonchev–Trinajstić information content (AvgIpc) is 2.17. The lowest BCUT2D eigenvalue weighted by atomic mass is 9.94. The van der Waals surface area contributed by atoms with Crippen molar-refractivity contribution in [3.8, 4) is 0 Å². The predicted molar refractivity (Wildman–Crippen MR) is 53.5 cm³/mol. The summed E-state index contributed by atoms with van der Waals surface area (Å²) >= 11 is 5.98. The van der Waals surface area contributed by atoms with E-state index in [9.17, 15) is 4.79 Å². The fourth-order valence-corrected chi connectivity index (χ4v) is 2.09. The van der Waals surface area contributed by atoms with E-state index >= 15 is 0 Å².